The zero-order chi connectivity index (χ0) is 14.9. The summed E-state index contributed by atoms with van der Waals surface area (Å²) in [4.78, 5) is -0.404. The molecule has 1 aromatic carbocycles. The number of nitrogens with zero attached hydrogens (tertiary/aromatic N) is 3. The van der Waals surface area contributed by atoms with Crippen LogP contribution in [0.25, 0.3) is 0 Å². The lowest BCUT2D eigenvalue weighted by Gasteiger charge is -2.20. The summed E-state index contributed by atoms with van der Waals surface area (Å²) in [5.74, 6) is 0.286. The quantitative estimate of drug-likeness (QED) is 0.870. The first kappa shape index (κ1) is 14.4. The van der Waals surface area contributed by atoms with E-state index < -0.39 is 26.9 Å². The van der Waals surface area contributed by atoms with Crippen molar-refractivity contribution in [2.75, 3.05) is 11.4 Å². The molecule has 0 atom stereocenters. The third-order valence-corrected chi connectivity index (χ3v) is 4.75. The topological polar surface area (TPSA) is 55.2 Å². The number of hydrogen-bond acceptors (Lipinski definition) is 3. The van der Waals surface area contributed by atoms with Crippen LogP contribution in [0.4, 0.5) is 14.6 Å². The van der Waals surface area contributed by atoms with Crippen LogP contribution in [0.3, 0.4) is 0 Å². The van der Waals surface area contributed by atoms with Crippen LogP contribution in [0.2, 0.25) is 0 Å². The predicted molar refractivity (Wildman–Crippen MR) is 70.2 cm³/mol. The highest BCUT2D eigenvalue weighted by Gasteiger charge is 2.28. The molecule has 0 amide bonds. The summed E-state index contributed by atoms with van der Waals surface area (Å²) in [6, 6.07) is 6.56. The lowest BCUT2D eigenvalue weighted by atomic mass is 10.2. The van der Waals surface area contributed by atoms with E-state index in [0.717, 1.165) is 10.4 Å². The maximum Gasteiger partial charge on any atom is 0.265 e. The third-order valence-electron chi connectivity index (χ3n) is 2.91. The lowest BCUT2D eigenvalue weighted by molar-refractivity contribution is 0.148. The minimum atomic E-state index is -4.07. The third kappa shape index (κ3) is 2.38. The molecule has 0 fully saturated rings. The molecule has 1 heterocycles. The molecule has 0 aliphatic heterocycles. The van der Waals surface area contributed by atoms with Crippen LogP contribution in [0, 0.1) is 0 Å². The Bertz CT molecular complexity index is 713. The van der Waals surface area contributed by atoms with E-state index in [4.69, 9.17) is 0 Å². The highest BCUT2D eigenvalue weighted by Crippen LogP contribution is 2.29. The van der Waals surface area contributed by atoms with Gasteiger partial charge in [-0.05, 0) is 6.07 Å². The Balaban J connectivity index is 2.54. The van der Waals surface area contributed by atoms with E-state index >= 15 is 0 Å². The first-order valence-electron chi connectivity index (χ1n) is 5.69. The fourth-order valence-corrected chi connectivity index (χ4v) is 3.27. The van der Waals surface area contributed by atoms with E-state index in [-0.39, 0.29) is 5.82 Å². The van der Waals surface area contributed by atoms with Gasteiger partial charge in [-0.15, -0.1) is 0 Å². The number of hydrogen-bond donors (Lipinski definition) is 0. The van der Waals surface area contributed by atoms with Gasteiger partial charge in [0.1, 0.15) is 5.82 Å². The SMILES string of the molecule is CN(c1ccnn1C)S(=O)(=O)c1ccccc1C(F)F. The number of aryl methyl sites for hydroxylation is 1. The molecule has 0 bridgehead atoms. The Morgan fingerprint density at radius 3 is 2.45 bits per heavy atom. The van der Waals surface area contributed by atoms with Crippen molar-refractivity contribution in [2.45, 2.75) is 11.3 Å². The Kier molecular flexibility index (Phi) is 3.76. The normalized spacial score (nSPS) is 11.8. The van der Waals surface area contributed by atoms with E-state index in [1.165, 1.54) is 42.2 Å². The van der Waals surface area contributed by atoms with Crippen LogP contribution in [0.1, 0.15) is 12.0 Å². The van der Waals surface area contributed by atoms with Gasteiger partial charge in [0.15, 0.2) is 0 Å². The highest BCUT2D eigenvalue weighted by molar-refractivity contribution is 7.92. The molecule has 0 unspecified atom stereocenters. The summed E-state index contributed by atoms with van der Waals surface area (Å²) in [5.41, 5.74) is -0.512. The highest BCUT2D eigenvalue weighted by atomic mass is 32.2. The number of anilines is 1. The summed E-state index contributed by atoms with van der Waals surface area (Å²) < 4.78 is 53.1. The molecule has 5 nitrogen and oxygen atoms in total. The number of benzene rings is 1. The van der Waals surface area contributed by atoms with Crippen molar-refractivity contribution in [3.8, 4) is 0 Å². The average Bonchev–Trinajstić information content (AvgIpc) is 2.83. The van der Waals surface area contributed by atoms with Gasteiger partial charge in [-0.25, -0.2) is 17.2 Å². The molecule has 8 heteroatoms. The van der Waals surface area contributed by atoms with Crippen molar-refractivity contribution < 1.29 is 17.2 Å². The maximum absolute atomic E-state index is 12.9. The van der Waals surface area contributed by atoms with Crippen molar-refractivity contribution in [3.63, 3.8) is 0 Å². The first-order valence-corrected chi connectivity index (χ1v) is 7.13. The summed E-state index contributed by atoms with van der Waals surface area (Å²) in [6.45, 7) is 0. The molecule has 0 N–H and O–H groups in total. The maximum atomic E-state index is 12.9. The van der Waals surface area contributed by atoms with Gasteiger partial charge in [-0.2, -0.15) is 5.10 Å². The molecule has 0 aliphatic rings. The second-order valence-corrected chi connectivity index (χ2v) is 6.06. The Hall–Kier alpha value is -1.96. The molecule has 1 aromatic heterocycles. The molecule has 0 spiro atoms. The molecule has 0 saturated carbocycles. The molecule has 0 aliphatic carbocycles. The average molecular weight is 301 g/mol. The minimum Gasteiger partial charge on any atom is -0.253 e. The van der Waals surface area contributed by atoms with Gasteiger partial charge in [-0.1, -0.05) is 18.2 Å². The van der Waals surface area contributed by atoms with Gasteiger partial charge in [0, 0.05) is 25.7 Å². The molecule has 2 rings (SSSR count). The molecule has 2 aromatic rings. The summed E-state index contributed by atoms with van der Waals surface area (Å²) >= 11 is 0. The minimum absolute atomic E-state index is 0.286. The standard InChI is InChI=1S/C12H13F2N3O2S/c1-16-11(7-8-15-16)17(2)20(18,19)10-6-4-3-5-9(10)12(13)14/h3-8,12H,1-2H3. The van der Waals surface area contributed by atoms with Crippen molar-refractivity contribution in [1.29, 1.82) is 0 Å². The van der Waals surface area contributed by atoms with Crippen molar-refractivity contribution in [2.24, 2.45) is 7.05 Å². The van der Waals surface area contributed by atoms with Crippen LogP contribution in [-0.4, -0.2) is 25.2 Å². The van der Waals surface area contributed by atoms with E-state index in [0.29, 0.717) is 0 Å². The largest absolute Gasteiger partial charge is 0.265 e. The van der Waals surface area contributed by atoms with Crippen molar-refractivity contribution in [3.05, 3.63) is 42.1 Å². The van der Waals surface area contributed by atoms with Crippen LogP contribution in [0.15, 0.2) is 41.4 Å². The van der Waals surface area contributed by atoms with Crippen LogP contribution in [0.5, 0.6) is 0 Å². The van der Waals surface area contributed by atoms with Gasteiger partial charge in [0.2, 0.25) is 0 Å². The van der Waals surface area contributed by atoms with Crippen molar-refractivity contribution >= 4 is 15.8 Å². The summed E-state index contributed by atoms with van der Waals surface area (Å²) in [5, 5.41) is 3.86. The monoisotopic (exact) mass is 301 g/mol. The number of sulfonamides is 1. The lowest BCUT2D eigenvalue weighted by Crippen LogP contribution is -2.29. The van der Waals surface area contributed by atoms with Crippen LogP contribution < -0.4 is 4.31 Å². The number of alkyl halides is 2. The second kappa shape index (κ2) is 5.20. The van der Waals surface area contributed by atoms with Crippen molar-refractivity contribution in [1.82, 2.24) is 9.78 Å². The summed E-state index contributed by atoms with van der Waals surface area (Å²) in [6.07, 6.45) is -1.43. The van der Waals surface area contributed by atoms with Gasteiger partial charge in [-0.3, -0.25) is 8.99 Å². The molecular weight excluding hydrogens is 288 g/mol. The Labute approximate surface area is 115 Å². The van der Waals surface area contributed by atoms with Crippen LogP contribution in [-0.2, 0) is 17.1 Å². The predicted octanol–water partition coefficient (Wildman–Crippen LogP) is 2.18. The second-order valence-electron chi connectivity index (χ2n) is 4.12. The van der Waals surface area contributed by atoms with Gasteiger partial charge in [0.25, 0.3) is 16.4 Å². The van der Waals surface area contributed by atoms with E-state index in [2.05, 4.69) is 5.10 Å². The Morgan fingerprint density at radius 1 is 1.25 bits per heavy atom. The summed E-state index contributed by atoms with van der Waals surface area (Å²) in [7, 11) is -1.20. The molecule has 0 radical (unpaired) electrons. The molecule has 0 saturated heterocycles. The molecule has 108 valence electrons. The van der Waals surface area contributed by atoms with Gasteiger partial charge in [0.05, 0.1) is 11.1 Å². The molecular formula is C12H13F2N3O2S. The number of halogens is 2. The van der Waals surface area contributed by atoms with Gasteiger partial charge >= 0.3 is 0 Å². The number of rotatable bonds is 4. The number of aromatic nitrogens is 2. The smallest absolute Gasteiger partial charge is 0.253 e. The zero-order valence-corrected chi connectivity index (χ0v) is 11.7. The Morgan fingerprint density at radius 2 is 1.90 bits per heavy atom. The fourth-order valence-electron chi connectivity index (χ4n) is 1.84. The van der Waals surface area contributed by atoms with E-state index in [1.807, 2.05) is 0 Å². The van der Waals surface area contributed by atoms with Gasteiger partial charge < -0.3 is 0 Å². The fraction of sp³-hybridized carbons (Fsp3) is 0.250. The first-order chi connectivity index (χ1) is 9.35. The van der Waals surface area contributed by atoms with E-state index in [9.17, 15) is 17.2 Å². The molecule has 20 heavy (non-hydrogen) atoms. The zero-order valence-electron chi connectivity index (χ0n) is 10.9. The van der Waals surface area contributed by atoms with E-state index in [1.54, 1.807) is 7.05 Å². The van der Waals surface area contributed by atoms with Crippen LogP contribution >= 0.6 is 0 Å².